The molecule has 0 unspecified atom stereocenters. The number of nitrogens with zero attached hydrogens (tertiary/aromatic N) is 1. The number of rotatable bonds is 8. The maximum absolute atomic E-state index is 5.60. The lowest BCUT2D eigenvalue weighted by atomic mass is 10.2. The van der Waals surface area contributed by atoms with Crippen molar-refractivity contribution in [3.63, 3.8) is 0 Å². The van der Waals surface area contributed by atoms with E-state index in [2.05, 4.69) is 48.6 Å². The third-order valence-corrected chi connectivity index (χ3v) is 3.92. The average molecular weight is 304 g/mol. The predicted molar refractivity (Wildman–Crippen MR) is 89.9 cm³/mol. The van der Waals surface area contributed by atoms with Crippen LogP contribution in [-0.4, -0.2) is 18.1 Å². The van der Waals surface area contributed by atoms with Gasteiger partial charge in [-0.3, -0.25) is 0 Å². The topological polar surface area (TPSA) is 34.1 Å². The second-order valence-electron chi connectivity index (χ2n) is 5.54. The van der Waals surface area contributed by atoms with Gasteiger partial charge >= 0.3 is 0 Å². The number of benzene rings is 1. The molecule has 0 amide bonds. The molecule has 0 saturated heterocycles. The Bertz CT molecular complexity index is 534. The molecule has 0 spiro atoms. The van der Waals surface area contributed by atoms with E-state index in [1.54, 1.807) is 11.3 Å². The summed E-state index contributed by atoms with van der Waals surface area (Å²) in [6, 6.07) is 8.19. The molecule has 4 heteroatoms. The molecule has 0 radical (unpaired) electrons. The molecule has 3 nitrogen and oxygen atoms in total. The zero-order valence-corrected chi connectivity index (χ0v) is 13.9. The summed E-state index contributed by atoms with van der Waals surface area (Å²) in [5, 5.41) is 6.62. The molecule has 0 aliphatic carbocycles. The molecule has 1 aromatic carbocycles. The summed E-state index contributed by atoms with van der Waals surface area (Å²) >= 11 is 1.69. The van der Waals surface area contributed by atoms with E-state index in [1.165, 1.54) is 0 Å². The van der Waals surface area contributed by atoms with Crippen LogP contribution in [0, 0.1) is 5.92 Å². The monoisotopic (exact) mass is 304 g/mol. The summed E-state index contributed by atoms with van der Waals surface area (Å²) in [4.78, 5) is 4.68. The Morgan fingerprint density at radius 1 is 1.24 bits per heavy atom. The molecule has 0 fully saturated rings. The van der Waals surface area contributed by atoms with Crippen molar-refractivity contribution in [3.05, 3.63) is 35.3 Å². The van der Waals surface area contributed by atoms with E-state index in [-0.39, 0.29) is 0 Å². The zero-order chi connectivity index (χ0) is 15.1. The summed E-state index contributed by atoms with van der Waals surface area (Å²) in [6.07, 6.45) is 1.03. The highest BCUT2D eigenvalue weighted by molar-refractivity contribution is 7.13. The normalized spacial score (nSPS) is 11.0. The van der Waals surface area contributed by atoms with Gasteiger partial charge in [-0.15, -0.1) is 11.3 Å². The van der Waals surface area contributed by atoms with Gasteiger partial charge in [0.2, 0.25) is 0 Å². The van der Waals surface area contributed by atoms with Crippen LogP contribution in [0.1, 0.15) is 32.9 Å². The smallest absolute Gasteiger partial charge is 0.123 e. The average Bonchev–Trinajstić information content (AvgIpc) is 2.94. The van der Waals surface area contributed by atoms with Crippen molar-refractivity contribution in [3.8, 4) is 16.3 Å². The molecule has 21 heavy (non-hydrogen) atoms. The molecule has 2 aromatic rings. The predicted octanol–water partition coefficient (Wildman–Crippen LogP) is 4.34. The lowest BCUT2D eigenvalue weighted by Crippen LogP contribution is -2.19. The van der Waals surface area contributed by atoms with E-state index in [0.717, 1.165) is 48.1 Å². The number of aromatic nitrogens is 1. The van der Waals surface area contributed by atoms with Crippen molar-refractivity contribution in [2.24, 2.45) is 5.92 Å². The molecule has 0 aliphatic rings. The molecule has 1 aromatic heterocycles. The van der Waals surface area contributed by atoms with Crippen LogP contribution in [0.5, 0.6) is 5.75 Å². The molecule has 1 heterocycles. The molecule has 0 atom stereocenters. The summed E-state index contributed by atoms with van der Waals surface area (Å²) in [5.74, 6) is 1.59. The van der Waals surface area contributed by atoms with Crippen LogP contribution in [0.4, 0.5) is 0 Å². The van der Waals surface area contributed by atoms with Crippen molar-refractivity contribution in [1.29, 1.82) is 0 Å². The van der Waals surface area contributed by atoms with Crippen LogP contribution in [0.3, 0.4) is 0 Å². The SMILES string of the molecule is CCCOc1ccc(-c2nc(CNCC(C)C)cs2)cc1. The minimum atomic E-state index is 0.666. The van der Waals surface area contributed by atoms with Crippen molar-refractivity contribution in [2.75, 3.05) is 13.2 Å². The van der Waals surface area contributed by atoms with Gasteiger partial charge in [0.25, 0.3) is 0 Å². The summed E-state index contributed by atoms with van der Waals surface area (Å²) in [5.41, 5.74) is 2.26. The van der Waals surface area contributed by atoms with Gasteiger partial charge < -0.3 is 10.1 Å². The van der Waals surface area contributed by atoms with Crippen molar-refractivity contribution in [1.82, 2.24) is 10.3 Å². The first kappa shape index (κ1) is 16.0. The fourth-order valence-corrected chi connectivity index (χ4v) is 2.75. The molecule has 2 rings (SSSR count). The Labute approximate surface area is 131 Å². The van der Waals surface area contributed by atoms with Gasteiger partial charge in [0.05, 0.1) is 12.3 Å². The van der Waals surface area contributed by atoms with Crippen LogP contribution >= 0.6 is 11.3 Å². The zero-order valence-electron chi connectivity index (χ0n) is 13.1. The third kappa shape index (κ3) is 5.14. The lowest BCUT2D eigenvalue weighted by Gasteiger charge is -2.05. The van der Waals surface area contributed by atoms with Crippen molar-refractivity contribution < 1.29 is 4.74 Å². The lowest BCUT2D eigenvalue weighted by molar-refractivity contribution is 0.317. The third-order valence-electron chi connectivity index (χ3n) is 2.98. The van der Waals surface area contributed by atoms with Crippen molar-refractivity contribution >= 4 is 11.3 Å². The van der Waals surface area contributed by atoms with Gasteiger partial charge in [0.15, 0.2) is 0 Å². The largest absolute Gasteiger partial charge is 0.494 e. The van der Waals surface area contributed by atoms with Crippen LogP contribution < -0.4 is 10.1 Å². The highest BCUT2D eigenvalue weighted by atomic mass is 32.1. The summed E-state index contributed by atoms with van der Waals surface area (Å²) < 4.78 is 5.60. The molecular formula is C17H24N2OS. The van der Waals surface area contributed by atoms with E-state index in [4.69, 9.17) is 4.74 Å². The first-order valence-corrected chi connectivity index (χ1v) is 8.45. The van der Waals surface area contributed by atoms with Gasteiger partial charge in [0, 0.05) is 17.5 Å². The standard InChI is InChI=1S/C17H24N2OS/c1-4-9-20-16-7-5-14(6-8-16)17-19-15(12-21-17)11-18-10-13(2)3/h5-8,12-13,18H,4,9-11H2,1-3H3. The Morgan fingerprint density at radius 3 is 2.67 bits per heavy atom. The molecule has 0 bridgehead atoms. The molecule has 1 N–H and O–H groups in total. The minimum Gasteiger partial charge on any atom is -0.494 e. The number of hydrogen-bond acceptors (Lipinski definition) is 4. The number of ether oxygens (including phenoxy) is 1. The maximum atomic E-state index is 5.60. The Hall–Kier alpha value is -1.39. The van der Waals surface area contributed by atoms with Crippen LogP contribution in [0.2, 0.25) is 0 Å². The number of thiazole rings is 1. The second kappa shape index (κ2) is 8.15. The van der Waals surface area contributed by atoms with Gasteiger partial charge in [-0.05, 0) is 43.1 Å². The van der Waals surface area contributed by atoms with Crippen LogP contribution in [0.25, 0.3) is 10.6 Å². The number of hydrogen-bond donors (Lipinski definition) is 1. The number of nitrogens with one attached hydrogen (secondary N) is 1. The Kier molecular flexibility index (Phi) is 6.21. The summed E-state index contributed by atoms with van der Waals surface area (Å²) in [7, 11) is 0. The fourth-order valence-electron chi connectivity index (χ4n) is 1.92. The maximum Gasteiger partial charge on any atom is 0.123 e. The van der Waals surface area contributed by atoms with E-state index in [0.29, 0.717) is 5.92 Å². The van der Waals surface area contributed by atoms with Gasteiger partial charge in [-0.2, -0.15) is 0 Å². The first-order chi connectivity index (χ1) is 10.2. The first-order valence-electron chi connectivity index (χ1n) is 7.57. The molecular weight excluding hydrogens is 280 g/mol. The fraction of sp³-hybridized carbons (Fsp3) is 0.471. The van der Waals surface area contributed by atoms with Gasteiger partial charge in [-0.1, -0.05) is 20.8 Å². The minimum absolute atomic E-state index is 0.666. The highest BCUT2D eigenvalue weighted by Crippen LogP contribution is 2.25. The quantitative estimate of drug-likeness (QED) is 0.787. The van der Waals surface area contributed by atoms with Gasteiger partial charge in [0.1, 0.15) is 10.8 Å². The van der Waals surface area contributed by atoms with Gasteiger partial charge in [-0.25, -0.2) is 4.98 Å². The second-order valence-corrected chi connectivity index (χ2v) is 6.40. The van der Waals surface area contributed by atoms with E-state index >= 15 is 0 Å². The highest BCUT2D eigenvalue weighted by Gasteiger charge is 2.05. The van der Waals surface area contributed by atoms with Crippen LogP contribution in [0.15, 0.2) is 29.6 Å². The Balaban J connectivity index is 1.94. The Morgan fingerprint density at radius 2 is 2.00 bits per heavy atom. The van der Waals surface area contributed by atoms with E-state index in [9.17, 15) is 0 Å². The molecule has 0 saturated carbocycles. The van der Waals surface area contributed by atoms with Crippen LogP contribution in [-0.2, 0) is 6.54 Å². The van der Waals surface area contributed by atoms with E-state index in [1.807, 2.05) is 12.1 Å². The molecule has 0 aliphatic heterocycles. The van der Waals surface area contributed by atoms with E-state index < -0.39 is 0 Å². The summed E-state index contributed by atoms with van der Waals surface area (Å²) in [6.45, 7) is 9.16. The molecule has 114 valence electrons. The van der Waals surface area contributed by atoms with Crippen molar-refractivity contribution in [2.45, 2.75) is 33.7 Å².